The molecule has 7 heteroatoms. The maximum Gasteiger partial charge on any atom is 0.410 e. The van der Waals surface area contributed by atoms with Gasteiger partial charge in [0, 0.05) is 6.20 Å². The number of carbonyl (C=O) groups excluding carboxylic acids is 2. The third-order valence-electron chi connectivity index (χ3n) is 3.68. The molecule has 1 amide bonds. The van der Waals surface area contributed by atoms with Crippen LogP contribution in [-0.4, -0.2) is 53.7 Å². The van der Waals surface area contributed by atoms with Crippen molar-refractivity contribution < 1.29 is 24.3 Å². The summed E-state index contributed by atoms with van der Waals surface area (Å²) >= 11 is 0. The Morgan fingerprint density at radius 2 is 1.96 bits per heavy atom. The van der Waals surface area contributed by atoms with Gasteiger partial charge >= 0.3 is 6.09 Å². The van der Waals surface area contributed by atoms with Gasteiger partial charge in [0.05, 0.1) is 26.2 Å². The van der Waals surface area contributed by atoms with Crippen LogP contribution in [0.1, 0.15) is 32.5 Å². The Balaban J connectivity index is 2.00. The number of hydrogen-bond donors (Lipinski definition) is 1. The van der Waals surface area contributed by atoms with E-state index in [0.29, 0.717) is 31.9 Å². The molecule has 1 atom stereocenters. The monoisotopic (exact) mass is 321 g/mol. The van der Waals surface area contributed by atoms with Gasteiger partial charge in [0.25, 0.3) is 0 Å². The first kappa shape index (κ1) is 17.2. The number of aromatic nitrogens is 1. The van der Waals surface area contributed by atoms with E-state index >= 15 is 0 Å². The van der Waals surface area contributed by atoms with Crippen LogP contribution in [0.15, 0.2) is 24.4 Å². The molecule has 0 unspecified atom stereocenters. The molecule has 1 aromatic rings. The number of amides is 1. The van der Waals surface area contributed by atoms with E-state index in [1.807, 2.05) is 20.8 Å². The van der Waals surface area contributed by atoms with Crippen molar-refractivity contribution in [2.75, 3.05) is 26.2 Å². The van der Waals surface area contributed by atoms with Crippen LogP contribution in [0, 0.1) is 0 Å². The minimum absolute atomic E-state index is 0.362. The number of aliphatic carboxylic acids is 1. The van der Waals surface area contributed by atoms with Crippen LogP contribution < -0.4 is 10.0 Å². The van der Waals surface area contributed by atoms with E-state index in [-0.39, 0.29) is 6.09 Å². The highest BCUT2D eigenvalue weighted by Crippen LogP contribution is 2.11. The van der Waals surface area contributed by atoms with E-state index in [4.69, 9.17) is 4.74 Å². The zero-order chi connectivity index (χ0) is 17.0. The van der Waals surface area contributed by atoms with E-state index < -0.39 is 17.6 Å². The molecule has 1 fully saturated rings. The van der Waals surface area contributed by atoms with Crippen molar-refractivity contribution in [2.45, 2.75) is 32.4 Å². The summed E-state index contributed by atoms with van der Waals surface area (Å²) in [7, 11) is 0. The highest BCUT2D eigenvalue weighted by molar-refractivity contribution is 5.71. The molecular formula is C16H23N3O4. The molecule has 126 valence electrons. The Kier molecular flexibility index (Phi) is 5.20. The second-order valence-electron chi connectivity index (χ2n) is 6.63. The number of ether oxygens (including phenoxy) is 1. The Hall–Kier alpha value is -2.15. The summed E-state index contributed by atoms with van der Waals surface area (Å²) in [5.41, 5.74) is -0.0593. The van der Waals surface area contributed by atoms with Crippen molar-refractivity contribution >= 4 is 12.1 Å². The molecule has 2 rings (SSSR count). The van der Waals surface area contributed by atoms with Crippen molar-refractivity contribution in [2.24, 2.45) is 0 Å². The molecule has 0 radical (unpaired) electrons. The minimum atomic E-state index is -1.15. The largest absolute Gasteiger partial charge is 0.544 e. The van der Waals surface area contributed by atoms with Gasteiger partial charge < -0.3 is 19.5 Å². The maximum absolute atomic E-state index is 12.0. The van der Waals surface area contributed by atoms with E-state index in [1.165, 1.54) is 0 Å². The van der Waals surface area contributed by atoms with Gasteiger partial charge in [0.1, 0.15) is 17.3 Å². The Labute approximate surface area is 135 Å². The highest BCUT2D eigenvalue weighted by Gasteiger charge is 2.33. The molecule has 1 aliphatic heterocycles. The molecule has 1 aromatic heterocycles. The van der Waals surface area contributed by atoms with E-state index in [1.54, 1.807) is 29.3 Å². The number of nitrogens with one attached hydrogen (secondary N) is 1. The van der Waals surface area contributed by atoms with Gasteiger partial charge in [-0.25, -0.2) is 4.79 Å². The summed E-state index contributed by atoms with van der Waals surface area (Å²) < 4.78 is 5.34. The fraction of sp³-hybridized carbons (Fsp3) is 0.562. The molecule has 0 aliphatic carbocycles. The van der Waals surface area contributed by atoms with Crippen molar-refractivity contribution in [1.82, 2.24) is 9.88 Å². The number of quaternary nitrogens is 1. The molecule has 7 nitrogen and oxygen atoms in total. The van der Waals surface area contributed by atoms with Gasteiger partial charge in [-0.1, -0.05) is 6.07 Å². The smallest absolute Gasteiger partial charge is 0.410 e. The summed E-state index contributed by atoms with van der Waals surface area (Å²) in [5, 5.41) is 11.5. The fourth-order valence-corrected chi connectivity index (χ4v) is 2.63. The van der Waals surface area contributed by atoms with Crippen LogP contribution >= 0.6 is 0 Å². The standard InChI is InChI=1S/C16H23N3O4/c1-16(2,3)23-15(22)19-10-8-18(9-11-19)13(14(20)21)12-6-4-5-7-17-12/h4-7,13H,8-11H2,1-3H3,(H,20,21)/t13-/m0/s1. The first-order valence-electron chi connectivity index (χ1n) is 7.72. The number of pyridine rings is 1. The Bertz CT molecular complexity index is 548. The first-order valence-corrected chi connectivity index (χ1v) is 7.72. The third kappa shape index (κ3) is 4.66. The van der Waals surface area contributed by atoms with Crippen LogP contribution in [-0.2, 0) is 9.53 Å². The SMILES string of the molecule is CC(C)(C)OC(=O)N1CC[NH+]([C@H](C(=O)[O-])c2ccccn2)CC1. The lowest BCUT2D eigenvalue weighted by Gasteiger charge is -2.37. The highest BCUT2D eigenvalue weighted by atomic mass is 16.6. The number of nitrogens with zero attached hydrogens (tertiary/aromatic N) is 2. The quantitative estimate of drug-likeness (QED) is 0.772. The number of carboxylic acids is 1. The van der Waals surface area contributed by atoms with Gasteiger partial charge in [-0.15, -0.1) is 0 Å². The summed E-state index contributed by atoms with van der Waals surface area (Å²) in [6.07, 6.45) is 1.21. The van der Waals surface area contributed by atoms with Gasteiger partial charge in [-0.3, -0.25) is 9.88 Å². The number of carbonyl (C=O) groups is 2. The van der Waals surface area contributed by atoms with Gasteiger partial charge in [0.2, 0.25) is 0 Å². The molecule has 1 aliphatic rings. The molecule has 0 saturated carbocycles. The van der Waals surface area contributed by atoms with Crippen LogP contribution in [0.5, 0.6) is 0 Å². The Morgan fingerprint density at radius 1 is 1.30 bits per heavy atom. The number of rotatable bonds is 3. The second-order valence-corrected chi connectivity index (χ2v) is 6.63. The van der Waals surface area contributed by atoms with Gasteiger partial charge in [-0.05, 0) is 32.9 Å². The number of carboxylic acid groups (broad SMARTS) is 1. The lowest BCUT2D eigenvalue weighted by Crippen LogP contribution is -3.16. The average molecular weight is 321 g/mol. The lowest BCUT2D eigenvalue weighted by molar-refractivity contribution is -0.928. The molecular weight excluding hydrogens is 298 g/mol. The summed E-state index contributed by atoms with van der Waals surface area (Å²) in [5.74, 6) is -1.15. The van der Waals surface area contributed by atoms with E-state index in [0.717, 1.165) is 4.90 Å². The Morgan fingerprint density at radius 3 is 2.43 bits per heavy atom. The van der Waals surface area contributed by atoms with Gasteiger partial charge in [0.15, 0.2) is 6.04 Å². The van der Waals surface area contributed by atoms with Crippen molar-refractivity contribution in [3.05, 3.63) is 30.1 Å². The molecule has 1 saturated heterocycles. The van der Waals surface area contributed by atoms with Crippen LogP contribution in [0.2, 0.25) is 0 Å². The normalized spacial score (nSPS) is 17.6. The van der Waals surface area contributed by atoms with Crippen LogP contribution in [0.25, 0.3) is 0 Å². The number of hydrogen-bond acceptors (Lipinski definition) is 5. The van der Waals surface area contributed by atoms with Crippen LogP contribution in [0.4, 0.5) is 4.79 Å². The molecule has 1 N–H and O–H groups in total. The molecule has 23 heavy (non-hydrogen) atoms. The zero-order valence-corrected chi connectivity index (χ0v) is 13.7. The first-order chi connectivity index (χ1) is 10.8. The minimum Gasteiger partial charge on any atom is -0.544 e. The van der Waals surface area contributed by atoms with Crippen molar-refractivity contribution in [3.8, 4) is 0 Å². The van der Waals surface area contributed by atoms with Crippen molar-refractivity contribution in [1.29, 1.82) is 0 Å². The molecule has 0 spiro atoms. The fourth-order valence-electron chi connectivity index (χ4n) is 2.63. The summed E-state index contributed by atoms with van der Waals surface area (Å²) in [6, 6.07) is 4.37. The second kappa shape index (κ2) is 6.95. The summed E-state index contributed by atoms with van der Waals surface area (Å²) in [6.45, 7) is 7.36. The molecule has 2 heterocycles. The summed E-state index contributed by atoms with van der Waals surface area (Å²) in [4.78, 5) is 30.2. The lowest BCUT2D eigenvalue weighted by atomic mass is 10.1. The maximum atomic E-state index is 12.0. The topological polar surface area (TPSA) is 87.0 Å². The predicted octanol–water partition coefficient (Wildman–Crippen LogP) is -0.992. The third-order valence-corrected chi connectivity index (χ3v) is 3.68. The molecule has 0 aromatic carbocycles. The number of piperazine rings is 1. The van der Waals surface area contributed by atoms with Crippen molar-refractivity contribution in [3.63, 3.8) is 0 Å². The molecule has 0 bridgehead atoms. The predicted molar refractivity (Wildman–Crippen MR) is 80.5 cm³/mol. The van der Waals surface area contributed by atoms with E-state index in [9.17, 15) is 14.7 Å². The van der Waals surface area contributed by atoms with Crippen LogP contribution in [0.3, 0.4) is 0 Å². The zero-order valence-electron chi connectivity index (χ0n) is 13.7. The average Bonchev–Trinajstić information content (AvgIpc) is 2.47. The van der Waals surface area contributed by atoms with E-state index in [2.05, 4.69) is 4.98 Å². The van der Waals surface area contributed by atoms with Gasteiger partial charge in [-0.2, -0.15) is 0 Å².